The molecule has 1 aromatic carbocycles. The number of anilines is 2. The number of nitrogens with two attached hydrogens (primary N) is 1. The average Bonchev–Trinajstić information content (AvgIpc) is 2.19. The first-order chi connectivity index (χ1) is 7.13. The Kier molecular flexibility index (Phi) is 4.37. The lowest BCUT2D eigenvalue weighted by atomic mass is 10.2. The predicted molar refractivity (Wildman–Crippen MR) is 60.4 cm³/mol. The standard InChI is InChI=1S/C11H17FN2O/c1-8(5-6-15-2)14-11-4-3-9(12)7-10(11)13/h3-4,7-8,14H,5-6,13H2,1-2H3. The number of rotatable bonds is 5. The number of ether oxygens (including phenoxy) is 1. The van der Waals surface area contributed by atoms with Crippen molar-refractivity contribution in [1.82, 2.24) is 0 Å². The van der Waals surface area contributed by atoms with E-state index in [0.29, 0.717) is 12.3 Å². The molecule has 3 nitrogen and oxygen atoms in total. The van der Waals surface area contributed by atoms with E-state index in [-0.39, 0.29) is 11.9 Å². The van der Waals surface area contributed by atoms with E-state index in [1.807, 2.05) is 6.92 Å². The zero-order valence-corrected chi connectivity index (χ0v) is 9.09. The molecular weight excluding hydrogens is 195 g/mol. The molecule has 4 heteroatoms. The van der Waals surface area contributed by atoms with Gasteiger partial charge in [-0.15, -0.1) is 0 Å². The maximum atomic E-state index is 12.8. The van der Waals surface area contributed by atoms with Crippen LogP contribution in [0.3, 0.4) is 0 Å². The van der Waals surface area contributed by atoms with E-state index in [1.54, 1.807) is 13.2 Å². The molecule has 0 fully saturated rings. The van der Waals surface area contributed by atoms with Gasteiger partial charge in [0, 0.05) is 19.8 Å². The molecule has 0 radical (unpaired) electrons. The number of nitrogen functional groups attached to an aromatic ring is 1. The van der Waals surface area contributed by atoms with Gasteiger partial charge in [-0.1, -0.05) is 0 Å². The Morgan fingerprint density at radius 1 is 1.53 bits per heavy atom. The van der Waals surface area contributed by atoms with Crippen LogP contribution < -0.4 is 11.1 Å². The van der Waals surface area contributed by atoms with E-state index in [4.69, 9.17) is 10.5 Å². The molecule has 0 aliphatic heterocycles. The summed E-state index contributed by atoms with van der Waals surface area (Å²) in [5.41, 5.74) is 6.86. The summed E-state index contributed by atoms with van der Waals surface area (Å²) < 4.78 is 17.7. The minimum absolute atomic E-state index is 0.248. The second kappa shape index (κ2) is 5.56. The van der Waals surface area contributed by atoms with Crippen LogP contribution in [0.2, 0.25) is 0 Å². The molecule has 0 heterocycles. The molecule has 0 saturated heterocycles. The lowest BCUT2D eigenvalue weighted by Gasteiger charge is -2.16. The Labute approximate surface area is 89.4 Å². The number of hydrogen-bond donors (Lipinski definition) is 2. The van der Waals surface area contributed by atoms with E-state index >= 15 is 0 Å². The maximum Gasteiger partial charge on any atom is 0.125 e. The fourth-order valence-corrected chi connectivity index (χ4v) is 1.30. The molecule has 0 amide bonds. The number of benzene rings is 1. The van der Waals surface area contributed by atoms with Crippen LogP contribution in [0.1, 0.15) is 13.3 Å². The van der Waals surface area contributed by atoms with Crippen molar-refractivity contribution in [1.29, 1.82) is 0 Å². The third kappa shape index (κ3) is 3.75. The van der Waals surface area contributed by atoms with Crippen LogP contribution in [0.4, 0.5) is 15.8 Å². The van der Waals surface area contributed by atoms with Gasteiger partial charge in [-0.2, -0.15) is 0 Å². The summed E-state index contributed by atoms with van der Waals surface area (Å²) in [6, 6.07) is 4.60. The van der Waals surface area contributed by atoms with Crippen molar-refractivity contribution in [3.63, 3.8) is 0 Å². The summed E-state index contributed by atoms with van der Waals surface area (Å²) in [5.74, 6) is -0.317. The number of halogens is 1. The van der Waals surface area contributed by atoms with Gasteiger partial charge in [-0.25, -0.2) is 4.39 Å². The summed E-state index contributed by atoms with van der Waals surface area (Å²) in [5, 5.41) is 3.20. The molecule has 1 atom stereocenters. The molecule has 1 aromatic rings. The molecular formula is C11H17FN2O. The van der Waals surface area contributed by atoms with Crippen LogP contribution in [-0.4, -0.2) is 19.8 Å². The van der Waals surface area contributed by atoms with Gasteiger partial charge in [0.25, 0.3) is 0 Å². The Hall–Kier alpha value is -1.29. The summed E-state index contributed by atoms with van der Waals surface area (Å²) in [7, 11) is 1.67. The highest BCUT2D eigenvalue weighted by Crippen LogP contribution is 2.20. The highest BCUT2D eigenvalue weighted by atomic mass is 19.1. The summed E-state index contributed by atoms with van der Waals surface area (Å²) in [6.07, 6.45) is 0.882. The second-order valence-corrected chi connectivity index (χ2v) is 3.56. The molecule has 84 valence electrons. The van der Waals surface area contributed by atoms with Crippen molar-refractivity contribution in [3.8, 4) is 0 Å². The third-order valence-electron chi connectivity index (χ3n) is 2.17. The van der Waals surface area contributed by atoms with Crippen molar-refractivity contribution in [2.45, 2.75) is 19.4 Å². The van der Waals surface area contributed by atoms with Crippen LogP contribution in [0, 0.1) is 5.82 Å². The van der Waals surface area contributed by atoms with Gasteiger partial charge < -0.3 is 15.8 Å². The fourth-order valence-electron chi connectivity index (χ4n) is 1.30. The van der Waals surface area contributed by atoms with Gasteiger partial charge in [0.05, 0.1) is 11.4 Å². The zero-order chi connectivity index (χ0) is 11.3. The third-order valence-corrected chi connectivity index (χ3v) is 2.17. The van der Waals surface area contributed by atoms with Crippen LogP contribution in [0.5, 0.6) is 0 Å². The monoisotopic (exact) mass is 212 g/mol. The van der Waals surface area contributed by atoms with Gasteiger partial charge in [0.15, 0.2) is 0 Å². The van der Waals surface area contributed by atoms with E-state index in [0.717, 1.165) is 12.1 Å². The first-order valence-electron chi connectivity index (χ1n) is 4.94. The van der Waals surface area contributed by atoms with Crippen molar-refractivity contribution in [3.05, 3.63) is 24.0 Å². The van der Waals surface area contributed by atoms with E-state index < -0.39 is 0 Å². The summed E-state index contributed by atoms with van der Waals surface area (Å²) in [6.45, 7) is 2.72. The van der Waals surface area contributed by atoms with Gasteiger partial charge in [0.2, 0.25) is 0 Å². The van der Waals surface area contributed by atoms with Gasteiger partial charge >= 0.3 is 0 Å². The highest BCUT2D eigenvalue weighted by molar-refractivity contribution is 5.66. The first kappa shape index (κ1) is 11.8. The Morgan fingerprint density at radius 3 is 2.87 bits per heavy atom. The lowest BCUT2D eigenvalue weighted by molar-refractivity contribution is 0.191. The average molecular weight is 212 g/mol. The molecule has 15 heavy (non-hydrogen) atoms. The zero-order valence-electron chi connectivity index (χ0n) is 9.09. The van der Waals surface area contributed by atoms with Crippen LogP contribution >= 0.6 is 0 Å². The van der Waals surface area contributed by atoms with Crippen molar-refractivity contribution < 1.29 is 9.13 Å². The molecule has 1 unspecified atom stereocenters. The molecule has 1 rings (SSSR count). The normalized spacial score (nSPS) is 12.5. The lowest BCUT2D eigenvalue weighted by Crippen LogP contribution is -2.18. The largest absolute Gasteiger partial charge is 0.397 e. The minimum Gasteiger partial charge on any atom is -0.397 e. The molecule has 0 saturated carbocycles. The summed E-state index contributed by atoms with van der Waals surface area (Å²) in [4.78, 5) is 0. The van der Waals surface area contributed by atoms with Crippen molar-refractivity contribution in [2.24, 2.45) is 0 Å². The first-order valence-corrected chi connectivity index (χ1v) is 4.94. The molecule has 0 aromatic heterocycles. The number of hydrogen-bond acceptors (Lipinski definition) is 3. The quantitative estimate of drug-likeness (QED) is 0.736. The van der Waals surface area contributed by atoms with Gasteiger partial charge in [-0.05, 0) is 31.5 Å². The Balaban J connectivity index is 2.56. The van der Waals surface area contributed by atoms with Crippen LogP contribution in [0.15, 0.2) is 18.2 Å². The second-order valence-electron chi connectivity index (χ2n) is 3.56. The van der Waals surface area contributed by atoms with Crippen LogP contribution in [0.25, 0.3) is 0 Å². The number of nitrogens with one attached hydrogen (secondary N) is 1. The molecule has 0 spiro atoms. The minimum atomic E-state index is -0.317. The van der Waals surface area contributed by atoms with Crippen molar-refractivity contribution >= 4 is 11.4 Å². The Bertz CT molecular complexity index is 317. The predicted octanol–water partition coefficient (Wildman–Crippen LogP) is 2.24. The van der Waals surface area contributed by atoms with Crippen molar-refractivity contribution in [2.75, 3.05) is 24.8 Å². The Morgan fingerprint density at radius 2 is 2.27 bits per heavy atom. The molecule has 0 bridgehead atoms. The SMILES string of the molecule is COCCC(C)Nc1ccc(F)cc1N. The topological polar surface area (TPSA) is 47.3 Å². The maximum absolute atomic E-state index is 12.8. The van der Waals surface area contributed by atoms with Gasteiger partial charge in [-0.3, -0.25) is 0 Å². The van der Waals surface area contributed by atoms with E-state index in [9.17, 15) is 4.39 Å². The summed E-state index contributed by atoms with van der Waals surface area (Å²) >= 11 is 0. The smallest absolute Gasteiger partial charge is 0.125 e. The molecule has 0 aliphatic carbocycles. The molecule has 3 N–H and O–H groups in total. The fraction of sp³-hybridized carbons (Fsp3) is 0.455. The van der Waals surface area contributed by atoms with Crippen LogP contribution in [-0.2, 0) is 4.74 Å². The molecule has 0 aliphatic rings. The number of methoxy groups -OCH3 is 1. The van der Waals surface area contributed by atoms with E-state index in [2.05, 4.69) is 5.32 Å². The van der Waals surface area contributed by atoms with E-state index in [1.165, 1.54) is 12.1 Å². The highest BCUT2D eigenvalue weighted by Gasteiger charge is 2.05. The van der Waals surface area contributed by atoms with Gasteiger partial charge in [0.1, 0.15) is 5.82 Å².